The molecular weight excluding hydrogens is 492 g/mol. The van der Waals surface area contributed by atoms with Crippen LogP contribution in [0.5, 0.6) is 5.75 Å². The lowest BCUT2D eigenvalue weighted by Gasteiger charge is -2.24. The van der Waals surface area contributed by atoms with Crippen molar-refractivity contribution < 1.29 is 22.4 Å². The second-order valence-corrected chi connectivity index (χ2v) is 10.9. The second-order valence-electron chi connectivity index (χ2n) is 7.10. The second kappa shape index (κ2) is 12.8. The molecule has 34 heavy (non-hydrogen) atoms. The number of furan rings is 1. The van der Waals surface area contributed by atoms with E-state index in [4.69, 9.17) is 9.15 Å². The van der Waals surface area contributed by atoms with Gasteiger partial charge in [-0.25, -0.2) is 8.42 Å². The van der Waals surface area contributed by atoms with Gasteiger partial charge >= 0.3 is 0 Å². The van der Waals surface area contributed by atoms with E-state index in [0.29, 0.717) is 36.1 Å². The summed E-state index contributed by atoms with van der Waals surface area (Å²) >= 11 is 3.15. The third-order valence-electron chi connectivity index (χ3n) is 4.76. The highest BCUT2D eigenvalue weighted by atomic mass is 32.2. The van der Waals surface area contributed by atoms with E-state index in [0.717, 1.165) is 15.0 Å². The number of hydrogen-bond acceptors (Lipinski definition) is 7. The maximum Gasteiger partial charge on any atom is 0.264 e. The number of benzene rings is 2. The van der Waals surface area contributed by atoms with Gasteiger partial charge < -0.3 is 14.5 Å². The van der Waals surface area contributed by atoms with Crippen LogP contribution in [-0.2, 0) is 20.6 Å². The highest BCUT2D eigenvalue weighted by Crippen LogP contribution is 2.27. The van der Waals surface area contributed by atoms with Gasteiger partial charge in [0.2, 0.25) is 5.91 Å². The first-order valence-corrected chi connectivity index (χ1v) is 14.5. The predicted molar refractivity (Wildman–Crippen MR) is 138 cm³/mol. The first-order chi connectivity index (χ1) is 16.4. The number of sulfonamides is 1. The summed E-state index contributed by atoms with van der Waals surface area (Å²) in [5.74, 6) is 2.51. The van der Waals surface area contributed by atoms with Crippen molar-refractivity contribution in [3.05, 3.63) is 72.7 Å². The van der Waals surface area contributed by atoms with Gasteiger partial charge in [-0.2, -0.15) is 11.8 Å². The minimum absolute atomic E-state index is 0.126. The highest BCUT2D eigenvalue weighted by Gasteiger charge is 2.27. The lowest BCUT2D eigenvalue weighted by molar-refractivity contribution is -0.119. The van der Waals surface area contributed by atoms with E-state index in [2.05, 4.69) is 5.32 Å². The molecule has 2 aromatic carbocycles. The third-order valence-corrected chi connectivity index (χ3v) is 8.28. The van der Waals surface area contributed by atoms with Crippen molar-refractivity contribution in [3.63, 3.8) is 0 Å². The molecule has 1 amide bonds. The van der Waals surface area contributed by atoms with E-state index in [1.165, 1.54) is 11.8 Å². The number of carbonyl (C=O) groups excluding carboxylic acids is 1. The van der Waals surface area contributed by atoms with Crippen LogP contribution in [0.1, 0.15) is 12.7 Å². The summed E-state index contributed by atoms with van der Waals surface area (Å²) in [6.45, 7) is 2.47. The van der Waals surface area contributed by atoms with Gasteiger partial charge in [0, 0.05) is 17.2 Å². The zero-order valence-corrected chi connectivity index (χ0v) is 21.5. The van der Waals surface area contributed by atoms with E-state index >= 15 is 0 Å². The third kappa shape index (κ3) is 7.22. The average Bonchev–Trinajstić information content (AvgIpc) is 3.37. The van der Waals surface area contributed by atoms with Crippen molar-refractivity contribution >= 4 is 45.1 Å². The molecule has 1 heterocycles. The quantitative estimate of drug-likeness (QED) is 0.259. The summed E-state index contributed by atoms with van der Waals surface area (Å²) in [7, 11) is -3.96. The summed E-state index contributed by atoms with van der Waals surface area (Å²) < 4.78 is 38.8. The molecule has 0 atom stereocenters. The number of nitrogens with one attached hydrogen (secondary N) is 1. The van der Waals surface area contributed by atoms with Crippen LogP contribution in [0.2, 0.25) is 0 Å². The lowest BCUT2D eigenvalue weighted by atomic mass is 10.3. The van der Waals surface area contributed by atoms with Crippen LogP contribution in [0.15, 0.2) is 81.1 Å². The van der Waals surface area contributed by atoms with Gasteiger partial charge in [0.25, 0.3) is 10.0 Å². The number of ether oxygens (including phenoxy) is 1. The van der Waals surface area contributed by atoms with Crippen LogP contribution in [0, 0.1) is 0 Å². The first-order valence-electron chi connectivity index (χ1n) is 10.7. The summed E-state index contributed by atoms with van der Waals surface area (Å²) in [5, 5.41) is 2.81. The van der Waals surface area contributed by atoms with Crippen molar-refractivity contribution in [1.82, 2.24) is 5.32 Å². The van der Waals surface area contributed by atoms with Crippen LogP contribution in [0.4, 0.5) is 5.69 Å². The maximum atomic E-state index is 13.5. The standard InChI is InChI=1S/C24H28N2O5S3/c1-3-30-20-8-6-19(7-9-20)26(34(28,29)23-12-10-22(32-2)11-13-23)17-24(27)25-14-16-33-18-21-5-4-15-31-21/h4-13,15H,3,14,16-18H2,1-2H3,(H,25,27). The topological polar surface area (TPSA) is 88.8 Å². The summed E-state index contributed by atoms with van der Waals surface area (Å²) in [4.78, 5) is 13.8. The van der Waals surface area contributed by atoms with Crippen LogP contribution < -0.4 is 14.4 Å². The molecule has 0 aliphatic rings. The molecule has 0 bridgehead atoms. The molecule has 0 radical (unpaired) electrons. The Bertz CT molecular complexity index is 1130. The molecule has 0 saturated heterocycles. The molecule has 7 nitrogen and oxygen atoms in total. The van der Waals surface area contributed by atoms with Crippen LogP contribution in [0.3, 0.4) is 0 Å². The van der Waals surface area contributed by atoms with E-state index in [1.54, 1.807) is 66.6 Å². The highest BCUT2D eigenvalue weighted by molar-refractivity contribution is 7.98. The zero-order chi connectivity index (χ0) is 24.4. The number of anilines is 1. The Balaban J connectivity index is 1.70. The van der Waals surface area contributed by atoms with Gasteiger partial charge in [-0.05, 0) is 73.8 Å². The predicted octanol–water partition coefficient (Wildman–Crippen LogP) is 4.65. The largest absolute Gasteiger partial charge is 0.494 e. The van der Waals surface area contributed by atoms with Gasteiger partial charge in [0.15, 0.2) is 0 Å². The Hall–Kier alpha value is -2.56. The SMILES string of the molecule is CCOc1ccc(N(CC(=O)NCCSCc2ccco2)S(=O)(=O)c2ccc(SC)cc2)cc1. The van der Waals surface area contributed by atoms with E-state index in [-0.39, 0.29) is 17.3 Å². The molecule has 1 N–H and O–H groups in total. The van der Waals surface area contributed by atoms with Crippen molar-refractivity contribution in [3.8, 4) is 5.75 Å². The lowest BCUT2D eigenvalue weighted by Crippen LogP contribution is -2.41. The van der Waals surface area contributed by atoms with Crippen LogP contribution >= 0.6 is 23.5 Å². The number of hydrogen-bond donors (Lipinski definition) is 1. The van der Waals surface area contributed by atoms with Gasteiger partial charge in [-0.3, -0.25) is 9.10 Å². The number of nitrogens with zero attached hydrogens (tertiary/aromatic N) is 1. The molecule has 10 heteroatoms. The van der Waals surface area contributed by atoms with E-state index < -0.39 is 10.0 Å². The summed E-state index contributed by atoms with van der Waals surface area (Å²) in [5.41, 5.74) is 0.389. The molecule has 3 aromatic rings. The zero-order valence-electron chi connectivity index (χ0n) is 19.1. The fraction of sp³-hybridized carbons (Fsp3) is 0.292. The Morgan fingerprint density at radius 2 is 1.82 bits per heavy atom. The molecular formula is C24H28N2O5S3. The number of amides is 1. The van der Waals surface area contributed by atoms with Crippen LogP contribution in [0.25, 0.3) is 0 Å². The molecule has 182 valence electrons. The fourth-order valence-corrected chi connectivity index (χ4v) is 5.67. The van der Waals surface area contributed by atoms with E-state index in [1.807, 2.05) is 25.3 Å². The molecule has 0 fully saturated rings. The molecule has 0 saturated carbocycles. The maximum absolute atomic E-state index is 13.5. The Morgan fingerprint density at radius 1 is 1.09 bits per heavy atom. The minimum atomic E-state index is -3.96. The summed E-state index contributed by atoms with van der Waals surface area (Å²) in [6.07, 6.45) is 3.55. The van der Waals surface area contributed by atoms with Gasteiger partial charge in [0.1, 0.15) is 18.1 Å². The Labute approximate surface area is 209 Å². The van der Waals surface area contributed by atoms with Crippen molar-refractivity contribution in [2.24, 2.45) is 0 Å². The van der Waals surface area contributed by atoms with Gasteiger partial charge in [0.05, 0.1) is 29.2 Å². The summed E-state index contributed by atoms with van der Waals surface area (Å²) in [6, 6.07) is 17.0. The number of thioether (sulfide) groups is 2. The smallest absolute Gasteiger partial charge is 0.264 e. The molecule has 0 unspecified atom stereocenters. The van der Waals surface area contributed by atoms with Crippen LogP contribution in [-0.4, -0.2) is 46.0 Å². The van der Waals surface area contributed by atoms with Crippen molar-refractivity contribution in [2.45, 2.75) is 22.5 Å². The first kappa shape index (κ1) is 26.1. The molecule has 1 aromatic heterocycles. The van der Waals surface area contributed by atoms with E-state index in [9.17, 15) is 13.2 Å². The molecule has 0 aliphatic carbocycles. The molecule has 3 rings (SSSR count). The normalized spacial score (nSPS) is 11.2. The average molecular weight is 521 g/mol. The number of carbonyl (C=O) groups is 1. The van der Waals surface area contributed by atoms with Crippen molar-refractivity contribution in [1.29, 1.82) is 0 Å². The Kier molecular flexibility index (Phi) is 9.79. The van der Waals surface area contributed by atoms with Gasteiger partial charge in [-0.1, -0.05) is 0 Å². The minimum Gasteiger partial charge on any atom is -0.494 e. The monoisotopic (exact) mass is 520 g/mol. The Morgan fingerprint density at radius 3 is 2.44 bits per heavy atom. The molecule has 0 spiro atoms. The molecule has 0 aliphatic heterocycles. The fourth-order valence-electron chi connectivity index (χ4n) is 3.08. The number of rotatable bonds is 13. The van der Waals surface area contributed by atoms with Gasteiger partial charge in [-0.15, -0.1) is 11.8 Å². The van der Waals surface area contributed by atoms with Crippen molar-refractivity contribution in [2.75, 3.05) is 36.0 Å².